The molecule has 6 heteroatoms. The van der Waals surface area contributed by atoms with Crippen molar-refractivity contribution in [3.05, 3.63) is 23.0 Å². The fourth-order valence-electron chi connectivity index (χ4n) is 0.684. The van der Waals surface area contributed by atoms with Crippen LogP contribution in [0.1, 0.15) is 20.0 Å². The second kappa shape index (κ2) is 5.23. The topological polar surface area (TPSA) is 63.1 Å². The van der Waals surface area contributed by atoms with Gasteiger partial charge in [-0.25, -0.2) is 0 Å². The fraction of sp³-hybridized carbons (Fsp3) is 0.286. The molecule has 13 heavy (non-hydrogen) atoms. The third-order valence-electron chi connectivity index (χ3n) is 1.47. The van der Waals surface area contributed by atoms with Crippen LogP contribution in [0.5, 0.6) is 0 Å². The summed E-state index contributed by atoms with van der Waals surface area (Å²) in [4.78, 5) is 10.5. The molecule has 4 nitrogen and oxygen atoms in total. The zero-order chi connectivity index (χ0) is 9.14. The predicted molar refractivity (Wildman–Crippen MR) is 44.2 cm³/mol. The minimum absolute atomic E-state index is 0. The van der Waals surface area contributed by atoms with Crippen LogP contribution in [0.25, 0.3) is 0 Å². The van der Waals surface area contributed by atoms with Crippen molar-refractivity contribution >= 4 is 17.6 Å². The molecule has 0 aliphatic carbocycles. The first-order valence-corrected chi connectivity index (χ1v) is 3.71. The van der Waals surface area contributed by atoms with Gasteiger partial charge in [-0.05, 0) is 19.1 Å². The van der Waals surface area contributed by atoms with E-state index >= 15 is 0 Å². The third kappa shape index (κ3) is 3.35. The third-order valence-corrected chi connectivity index (χ3v) is 1.67. The van der Waals surface area contributed by atoms with Gasteiger partial charge in [-0.1, -0.05) is 11.6 Å². The van der Waals surface area contributed by atoms with Crippen LogP contribution in [0.15, 0.2) is 12.1 Å². The summed E-state index contributed by atoms with van der Waals surface area (Å²) in [6.45, 7) is 1.54. The van der Waals surface area contributed by atoms with Gasteiger partial charge in [0.1, 0.15) is 0 Å². The molecular formula is C7H8ClLiN2O2. The molecule has 1 aromatic heterocycles. The van der Waals surface area contributed by atoms with Crippen LogP contribution < -0.4 is 18.9 Å². The van der Waals surface area contributed by atoms with Crippen LogP contribution in [0.4, 0.5) is 0 Å². The van der Waals surface area contributed by atoms with Crippen molar-refractivity contribution < 1.29 is 30.2 Å². The van der Waals surface area contributed by atoms with E-state index in [1.807, 2.05) is 0 Å². The standard InChI is InChI=1S/C7H7ClN2O2.Li.H/c1-4(7(11)12)5-2-3-6(8)10-9-5;;/h2-4H,1H3,(H,11,12);;/q;+1;-1. The summed E-state index contributed by atoms with van der Waals surface area (Å²) in [5.74, 6) is -1.57. The van der Waals surface area contributed by atoms with E-state index in [1.54, 1.807) is 13.0 Å². The Labute approximate surface area is 94.0 Å². The minimum atomic E-state index is -0.924. The van der Waals surface area contributed by atoms with Gasteiger partial charge in [0.05, 0.1) is 11.6 Å². The number of hydrogen-bond acceptors (Lipinski definition) is 3. The zero-order valence-electron chi connectivity index (χ0n) is 8.36. The Kier molecular flexibility index (Phi) is 5.00. The maximum absolute atomic E-state index is 10.5. The molecule has 0 amide bonds. The first-order valence-electron chi connectivity index (χ1n) is 3.33. The maximum Gasteiger partial charge on any atom is 1.00 e. The molecule has 66 valence electrons. The second-order valence-corrected chi connectivity index (χ2v) is 2.73. The minimum Gasteiger partial charge on any atom is -1.00 e. The van der Waals surface area contributed by atoms with Gasteiger partial charge in [0.15, 0.2) is 5.15 Å². The van der Waals surface area contributed by atoms with Crippen molar-refractivity contribution in [2.45, 2.75) is 12.8 Å². The number of nitrogens with zero attached hydrogens (tertiary/aromatic N) is 2. The molecule has 1 atom stereocenters. The van der Waals surface area contributed by atoms with Crippen LogP contribution in [0.3, 0.4) is 0 Å². The van der Waals surface area contributed by atoms with E-state index in [0.717, 1.165) is 0 Å². The molecule has 1 heterocycles. The normalized spacial score (nSPS) is 11.5. The molecule has 0 aliphatic rings. The Morgan fingerprint density at radius 1 is 1.62 bits per heavy atom. The predicted octanol–water partition coefficient (Wildman–Crippen LogP) is -1.57. The molecule has 0 saturated heterocycles. The average molecular weight is 195 g/mol. The Balaban J connectivity index is 0. The maximum atomic E-state index is 10.5. The number of aromatic nitrogens is 2. The van der Waals surface area contributed by atoms with Gasteiger partial charge in [0.2, 0.25) is 0 Å². The molecule has 0 saturated carbocycles. The van der Waals surface area contributed by atoms with E-state index in [9.17, 15) is 4.79 Å². The summed E-state index contributed by atoms with van der Waals surface area (Å²) < 4.78 is 0. The fourth-order valence-corrected chi connectivity index (χ4v) is 0.785. The van der Waals surface area contributed by atoms with Crippen molar-refractivity contribution in [1.29, 1.82) is 0 Å². The van der Waals surface area contributed by atoms with Crippen molar-refractivity contribution in [3.8, 4) is 0 Å². The first kappa shape index (κ1) is 12.4. The number of halogens is 1. The van der Waals surface area contributed by atoms with Crippen molar-refractivity contribution in [1.82, 2.24) is 10.2 Å². The van der Waals surface area contributed by atoms with Crippen LogP contribution >= 0.6 is 11.6 Å². The molecule has 0 fully saturated rings. The van der Waals surface area contributed by atoms with Gasteiger partial charge in [0.25, 0.3) is 0 Å². The molecule has 0 spiro atoms. The Morgan fingerprint density at radius 2 is 2.23 bits per heavy atom. The van der Waals surface area contributed by atoms with E-state index in [-0.39, 0.29) is 25.4 Å². The number of carboxylic acids is 1. The number of carboxylic acid groups (broad SMARTS) is 1. The molecule has 0 radical (unpaired) electrons. The summed E-state index contributed by atoms with van der Waals surface area (Å²) in [5, 5.41) is 16.0. The molecule has 1 unspecified atom stereocenters. The molecular weight excluding hydrogens is 186 g/mol. The van der Waals surface area contributed by atoms with E-state index in [2.05, 4.69) is 10.2 Å². The van der Waals surface area contributed by atoms with E-state index < -0.39 is 11.9 Å². The van der Waals surface area contributed by atoms with Gasteiger partial charge in [0, 0.05) is 0 Å². The molecule has 1 aromatic rings. The van der Waals surface area contributed by atoms with Gasteiger partial charge < -0.3 is 6.53 Å². The summed E-state index contributed by atoms with van der Waals surface area (Å²) in [5.41, 5.74) is 0.409. The molecule has 0 aromatic carbocycles. The molecule has 0 aliphatic heterocycles. The average Bonchev–Trinajstić information content (AvgIpc) is 2.04. The largest absolute Gasteiger partial charge is 1.00 e. The SMILES string of the molecule is CC(C(=O)O)c1ccc(Cl)nn1.[H-].[Li+]. The summed E-state index contributed by atoms with van der Waals surface area (Å²) >= 11 is 5.47. The van der Waals surface area contributed by atoms with Crippen LogP contribution in [-0.2, 0) is 4.79 Å². The zero-order valence-corrected chi connectivity index (χ0v) is 8.12. The van der Waals surface area contributed by atoms with E-state index in [0.29, 0.717) is 5.69 Å². The second-order valence-electron chi connectivity index (χ2n) is 2.34. The smallest absolute Gasteiger partial charge is 1.00 e. The van der Waals surface area contributed by atoms with E-state index in [4.69, 9.17) is 16.7 Å². The summed E-state index contributed by atoms with van der Waals surface area (Å²) in [6, 6.07) is 3.07. The summed E-state index contributed by atoms with van der Waals surface area (Å²) in [6.07, 6.45) is 0. The molecule has 0 bridgehead atoms. The van der Waals surface area contributed by atoms with E-state index in [1.165, 1.54) is 6.07 Å². The number of carbonyl (C=O) groups is 1. The van der Waals surface area contributed by atoms with Crippen LogP contribution in [0, 0.1) is 0 Å². The van der Waals surface area contributed by atoms with Gasteiger partial charge in [-0.3, -0.25) is 4.79 Å². The quantitative estimate of drug-likeness (QED) is 0.578. The van der Waals surface area contributed by atoms with Gasteiger partial charge in [-0.2, -0.15) is 5.10 Å². The Morgan fingerprint density at radius 3 is 2.62 bits per heavy atom. The monoisotopic (exact) mass is 194 g/mol. The number of hydrogen-bond donors (Lipinski definition) is 1. The summed E-state index contributed by atoms with van der Waals surface area (Å²) in [7, 11) is 0. The Hall–Kier alpha value is -0.563. The first-order chi connectivity index (χ1) is 5.61. The van der Waals surface area contributed by atoms with Gasteiger partial charge in [-0.15, -0.1) is 5.10 Å². The van der Waals surface area contributed by atoms with Crippen LogP contribution in [-0.4, -0.2) is 21.3 Å². The molecule has 1 rings (SSSR count). The van der Waals surface area contributed by atoms with Gasteiger partial charge >= 0.3 is 24.8 Å². The van der Waals surface area contributed by atoms with Crippen molar-refractivity contribution in [3.63, 3.8) is 0 Å². The van der Waals surface area contributed by atoms with Crippen molar-refractivity contribution in [2.75, 3.05) is 0 Å². The van der Waals surface area contributed by atoms with Crippen molar-refractivity contribution in [2.24, 2.45) is 0 Å². The Bertz CT molecular complexity index is 296. The molecule has 1 N–H and O–H groups in total. The number of rotatable bonds is 2. The van der Waals surface area contributed by atoms with Crippen LogP contribution in [0.2, 0.25) is 5.15 Å². The number of aliphatic carboxylic acids is 1.